The standard InChI is InChI=1S/C4H2B2N2/c5-3-1-7-4(6)2-8-3/h1-2H. The zero-order valence-corrected chi connectivity index (χ0v) is 4.20. The van der Waals surface area contributed by atoms with E-state index in [1.54, 1.807) is 0 Å². The highest BCUT2D eigenvalue weighted by Gasteiger charge is 1.82. The van der Waals surface area contributed by atoms with Gasteiger partial charge in [0.25, 0.3) is 0 Å². The van der Waals surface area contributed by atoms with Crippen molar-refractivity contribution in [3.63, 3.8) is 0 Å². The van der Waals surface area contributed by atoms with Crippen molar-refractivity contribution in [2.75, 3.05) is 0 Å². The van der Waals surface area contributed by atoms with E-state index in [0.717, 1.165) is 0 Å². The molecule has 0 aliphatic heterocycles. The number of aromatic nitrogens is 2. The normalized spacial score (nSPS) is 9.00. The summed E-state index contributed by atoms with van der Waals surface area (Å²) in [5.74, 6) is 0. The Morgan fingerprint density at radius 2 is 1.38 bits per heavy atom. The Balaban J connectivity index is 3.03. The van der Waals surface area contributed by atoms with E-state index in [9.17, 15) is 0 Å². The molecule has 0 spiro atoms. The lowest BCUT2D eigenvalue weighted by atomic mass is 10.0. The Hall–Kier alpha value is -0.790. The lowest BCUT2D eigenvalue weighted by Crippen LogP contribution is -2.17. The highest BCUT2D eigenvalue weighted by molar-refractivity contribution is 6.32. The van der Waals surface area contributed by atoms with Crippen LogP contribution in [0.15, 0.2) is 12.4 Å². The summed E-state index contributed by atoms with van der Waals surface area (Å²) in [7, 11) is 10.4. The van der Waals surface area contributed by atoms with Gasteiger partial charge in [0.1, 0.15) is 15.7 Å². The summed E-state index contributed by atoms with van der Waals surface area (Å²) in [5, 5.41) is 0. The number of hydrogen-bond acceptors (Lipinski definition) is 2. The maximum Gasteiger partial charge on any atom is 0.143 e. The van der Waals surface area contributed by atoms with Crippen LogP contribution in [0.4, 0.5) is 0 Å². The van der Waals surface area contributed by atoms with Crippen LogP contribution in [0.3, 0.4) is 0 Å². The third kappa shape index (κ3) is 1.09. The summed E-state index contributed by atoms with van der Waals surface area (Å²) in [6, 6.07) is 0. The molecular weight excluding hydrogens is 97.7 g/mol. The highest BCUT2D eigenvalue weighted by atomic mass is 14.8. The first-order valence-corrected chi connectivity index (χ1v) is 2.12. The van der Waals surface area contributed by atoms with E-state index in [2.05, 4.69) is 9.97 Å². The third-order valence-electron chi connectivity index (χ3n) is 0.692. The van der Waals surface area contributed by atoms with Crippen LogP contribution in [0.5, 0.6) is 0 Å². The lowest BCUT2D eigenvalue weighted by Gasteiger charge is -1.89. The van der Waals surface area contributed by atoms with E-state index in [4.69, 9.17) is 15.7 Å². The molecule has 0 saturated heterocycles. The van der Waals surface area contributed by atoms with Crippen molar-refractivity contribution in [2.45, 2.75) is 0 Å². The molecule has 2 nitrogen and oxygen atoms in total. The Morgan fingerprint density at radius 1 is 1.00 bits per heavy atom. The second-order valence-electron chi connectivity index (χ2n) is 1.37. The van der Waals surface area contributed by atoms with Crippen molar-refractivity contribution < 1.29 is 0 Å². The molecule has 4 radical (unpaired) electrons. The summed E-state index contributed by atoms with van der Waals surface area (Å²) < 4.78 is 0. The first-order chi connectivity index (χ1) is 3.79. The Bertz CT molecular complexity index is 151. The van der Waals surface area contributed by atoms with Gasteiger partial charge in [-0.25, -0.2) is 0 Å². The largest absolute Gasteiger partial charge is 0.270 e. The summed E-state index contributed by atoms with van der Waals surface area (Å²) in [5.41, 5.74) is 0.776. The summed E-state index contributed by atoms with van der Waals surface area (Å²) in [4.78, 5) is 7.34. The Kier molecular flexibility index (Phi) is 1.33. The fourth-order valence-corrected chi connectivity index (χ4v) is 0.348. The van der Waals surface area contributed by atoms with Gasteiger partial charge in [-0.05, 0) is 0 Å². The maximum atomic E-state index is 5.20. The number of hydrogen-bond donors (Lipinski definition) is 0. The SMILES string of the molecule is [B]c1cnc([B])cn1. The van der Waals surface area contributed by atoms with Gasteiger partial charge in [0.15, 0.2) is 0 Å². The molecule has 4 heteroatoms. The van der Waals surface area contributed by atoms with Crippen molar-refractivity contribution in [1.29, 1.82) is 0 Å². The van der Waals surface area contributed by atoms with Crippen LogP contribution in [0.25, 0.3) is 0 Å². The van der Waals surface area contributed by atoms with Gasteiger partial charge in [-0.3, -0.25) is 9.97 Å². The smallest absolute Gasteiger partial charge is 0.143 e. The molecule has 0 aliphatic carbocycles. The van der Waals surface area contributed by atoms with Crippen molar-refractivity contribution >= 4 is 26.9 Å². The molecule has 0 saturated carbocycles. The molecule has 1 rings (SSSR count). The summed E-state index contributed by atoms with van der Waals surface area (Å²) in [6.07, 6.45) is 2.82. The molecule has 0 bridgehead atoms. The minimum absolute atomic E-state index is 0.388. The van der Waals surface area contributed by atoms with Gasteiger partial charge in [0.05, 0.1) is 0 Å². The van der Waals surface area contributed by atoms with E-state index in [1.165, 1.54) is 12.4 Å². The van der Waals surface area contributed by atoms with Crippen LogP contribution in [0.1, 0.15) is 0 Å². The molecule has 0 aromatic carbocycles. The molecule has 0 amide bonds. The van der Waals surface area contributed by atoms with Gasteiger partial charge >= 0.3 is 0 Å². The van der Waals surface area contributed by atoms with Gasteiger partial charge in [0.2, 0.25) is 0 Å². The minimum atomic E-state index is 0.388. The second-order valence-corrected chi connectivity index (χ2v) is 1.37. The zero-order valence-electron chi connectivity index (χ0n) is 4.20. The molecule has 1 aromatic rings. The minimum Gasteiger partial charge on any atom is -0.270 e. The molecule has 1 aromatic heterocycles. The average Bonchev–Trinajstić information content (AvgIpc) is 1.77. The lowest BCUT2D eigenvalue weighted by molar-refractivity contribution is 1.29. The first-order valence-electron chi connectivity index (χ1n) is 2.12. The molecule has 34 valence electrons. The summed E-state index contributed by atoms with van der Waals surface area (Å²) in [6.45, 7) is 0. The fourth-order valence-electron chi connectivity index (χ4n) is 0.348. The molecule has 0 fully saturated rings. The van der Waals surface area contributed by atoms with Gasteiger partial charge in [-0.2, -0.15) is 0 Å². The molecular formula is C4H2B2N2. The van der Waals surface area contributed by atoms with Crippen LogP contribution in [0, 0.1) is 0 Å². The van der Waals surface area contributed by atoms with E-state index in [-0.39, 0.29) is 0 Å². The van der Waals surface area contributed by atoms with Gasteiger partial charge in [0, 0.05) is 23.6 Å². The second kappa shape index (κ2) is 1.99. The Labute approximate surface area is 50.2 Å². The number of nitrogens with zero attached hydrogens (tertiary/aromatic N) is 2. The quantitative estimate of drug-likeness (QED) is 0.354. The predicted molar refractivity (Wildman–Crippen MR) is 32.8 cm³/mol. The van der Waals surface area contributed by atoms with Crippen molar-refractivity contribution in [2.24, 2.45) is 0 Å². The monoisotopic (exact) mass is 100 g/mol. The van der Waals surface area contributed by atoms with E-state index < -0.39 is 0 Å². The van der Waals surface area contributed by atoms with Crippen LogP contribution < -0.4 is 11.2 Å². The van der Waals surface area contributed by atoms with Crippen LogP contribution in [-0.4, -0.2) is 25.7 Å². The first kappa shape index (κ1) is 5.35. The predicted octanol–water partition coefficient (Wildman–Crippen LogP) is -1.94. The van der Waals surface area contributed by atoms with Crippen LogP contribution in [-0.2, 0) is 0 Å². The summed E-state index contributed by atoms with van der Waals surface area (Å²) >= 11 is 0. The average molecular weight is 99.7 g/mol. The van der Waals surface area contributed by atoms with Gasteiger partial charge < -0.3 is 0 Å². The molecule has 0 aliphatic rings. The number of rotatable bonds is 0. The molecule has 0 unspecified atom stereocenters. The maximum absolute atomic E-state index is 5.20. The Morgan fingerprint density at radius 3 is 1.62 bits per heavy atom. The van der Waals surface area contributed by atoms with Gasteiger partial charge in [-0.1, -0.05) is 0 Å². The molecule has 0 N–H and O–H groups in total. The molecule has 8 heavy (non-hydrogen) atoms. The highest BCUT2D eigenvalue weighted by Crippen LogP contribution is 1.59. The van der Waals surface area contributed by atoms with Crippen molar-refractivity contribution in [1.82, 2.24) is 9.97 Å². The van der Waals surface area contributed by atoms with Crippen LogP contribution in [0.2, 0.25) is 0 Å². The van der Waals surface area contributed by atoms with E-state index >= 15 is 0 Å². The molecule has 1 heterocycles. The molecule has 0 atom stereocenters. The van der Waals surface area contributed by atoms with E-state index in [0.29, 0.717) is 11.2 Å². The van der Waals surface area contributed by atoms with Crippen LogP contribution >= 0.6 is 0 Å². The van der Waals surface area contributed by atoms with E-state index in [1.807, 2.05) is 0 Å². The van der Waals surface area contributed by atoms with Gasteiger partial charge in [-0.15, -0.1) is 0 Å². The fraction of sp³-hybridized carbons (Fsp3) is 0. The van der Waals surface area contributed by atoms with Crippen molar-refractivity contribution in [3.05, 3.63) is 12.4 Å². The third-order valence-corrected chi connectivity index (χ3v) is 0.692. The zero-order chi connectivity index (χ0) is 5.98. The van der Waals surface area contributed by atoms with Crippen molar-refractivity contribution in [3.8, 4) is 0 Å². The topological polar surface area (TPSA) is 25.8 Å².